The van der Waals surface area contributed by atoms with Crippen LogP contribution in [0.3, 0.4) is 0 Å². The Labute approximate surface area is 395 Å². The monoisotopic (exact) mass is 869 g/mol. The molecule has 4 heteroatoms. The van der Waals surface area contributed by atoms with Gasteiger partial charge in [-0.3, -0.25) is 0 Å². The molecule has 66 heavy (non-hydrogen) atoms. The van der Waals surface area contributed by atoms with Gasteiger partial charge in [-0.2, -0.15) is 0 Å². The molecule has 3 nitrogen and oxygen atoms in total. The van der Waals surface area contributed by atoms with E-state index in [0.717, 1.165) is 17.7 Å². The number of hydrogen-bond donors (Lipinski definition) is 0. The van der Waals surface area contributed by atoms with Crippen LogP contribution in [-0.2, 0) is 27.1 Å². The number of furan rings is 1. The fourth-order valence-corrected chi connectivity index (χ4v) is 12.9. The van der Waals surface area contributed by atoms with Crippen LogP contribution in [0.4, 0.5) is 34.1 Å². The SMILES string of the molecule is Cc1cc(C)c(-c2ccc3c(c2)N(c2ccc4c(c2)C(C)(C)CCC4(C)C)c2cc(C)cc4c2B3c2oc3ccc(C(C)(C)C)cc3c2N4c2ccc3c(c2)C(C)(C)CCC3(C)C)c(C)c1. The number of benzene rings is 6. The van der Waals surface area contributed by atoms with Gasteiger partial charge in [0.15, 0.2) is 0 Å². The summed E-state index contributed by atoms with van der Waals surface area (Å²) in [5, 5.41) is 1.18. The molecule has 4 aliphatic rings. The Morgan fingerprint density at radius 2 is 1.03 bits per heavy atom. The van der Waals surface area contributed by atoms with Gasteiger partial charge in [-0.1, -0.05) is 124 Å². The van der Waals surface area contributed by atoms with Crippen molar-refractivity contribution in [3.63, 3.8) is 0 Å². The molecular formula is C62H69BN2O. The number of nitrogens with zero attached hydrogens (tertiary/aromatic N) is 2. The van der Waals surface area contributed by atoms with Crippen molar-refractivity contribution in [2.75, 3.05) is 9.80 Å². The molecule has 2 aliphatic carbocycles. The molecule has 0 fully saturated rings. The minimum Gasteiger partial charge on any atom is -0.468 e. The van der Waals surface area contributed by atoms with E-state index in [9.17, 15) is 0 Å². The summed E-state index contributed by atoms with van der Waals surface area (Å²) in [5.41, 5.74) is 27.1. The van der Waals surface area contributed by atoms with Crippen molar-refractivity contribution < 1.29 is 4.42 Å². The molecule has 1 aromatic heterocycles. The van der Waals surface area contributed by atoms with Gasteiger partial charge in [-0.25, -0.2) is 0 Å². The fourth-order valence-electron chi connectivity index (χ4n) is 12.9. The zero-order valence-corrected chi connectivity index (χ0v) is 42.4. The molecule has 336 valence electrons. The van der Waals surface area contributed by atoms with Gasteiger partial charge in [0.25, 0.3) is 6.71 Å². The van der Waals surface area contributed by atoms with Crippen LogP contribution in [-0.4, -0.2) is 6.71 Å². The molecule has 11 rings (SSSR count). The van der Waals surface area contributed by atoms with Gasteiger partial charge in [0.1, 0.15) is 5.58 Å². The number of fused-ring (bicyclic) bond motifs is 8. The average Bonchev–Trinajstić information content (AvgIpc) is 3.62. The number of rotatable bonds is 3. The molecule has 0 radical (unpaired) electrons. The Kier molecular flexibility index (Phi) is 9.17. The third kappa shape index (κ3) is 6.36. The predicted octanol–water partition coefficient (Wildman–Crippen LogP) is 15.4. The molecule has 0 saturated heterocycles. The Hall–Kier alpha value is -5.48. The molecule has 0 amide bonds. The van der Waals surface area contributed by atoms with Crippen molar-refractivity contribution in [1.29, 1.82) is 0 Å². The molecule has 6 aromatic carbocycles. The van der Waals surface area contributed by atoms with Gasteiger partial charge in [0, 0.05) is 33.8 Å². The van der Waals surface area contributed by atoms with Crippen LogP contribution in [0.1, 0.15) is 152 Å². The van der Waals surface area contributed by atoms with Gasteiger partial charge >= 0.3 is 0 Å². The summed E-state index contributed by atoms with van der Waals surface area (Å²) in [6.45, 7) is 35.4. The Morgan fingerprint density at radius 1 is 0.515 bits per heavy atom. The second kappa shape index (κ2) is 14.0. The molecule has 0 saturated carbocycles. The zero-order chi connectivity index (χ0) is 46.8. The second-order valence-electron chi connectivity index (χ2n) is 24.6. The van der Waals surface area contributed by atoms with Gasteiger partial charge in [0.2, 0.25) is 0 Å². The minimum atomic E-state index is -0.117. The number of hydrogen-bond acceptors (Lipinski definition) is 3. The van der Waals surface area contributed by atoms with Crippen molar-refractivity contribution in [2.24, 2.45) is 0 Å². The minimum absolute atomic E-state index is 0.0276. The highest BCUT2D eigenvalue weighted by atomic mass is 16.3. The van der Waals surface area contributed by atoms with Crippen molar-refractivity contribution in [2.45, 2.75) is 157 Å². The number of aryl methyl sites for hydroxylation is 4. The first-order chi connectivity index (χ1) is 30.9. The Balaban J connectivity index is 1.24. The molecule has 7 aromatic rings. The van der Waals surface area contributed by atoms with Gasteiger partial charge < -0.3 is 14.2 Å². The summed E-state index contributed by atoms with van der Waals surface area (Å²) >= 11 is 0. The molecular weight excluding hydrogens is 800 g/mol. The second-order valence-corrected chi connectivity index (χ2v) is 24.6. The standard InChI is InChI=1S/C62H69BN2O/c1-36-28-38(3)54(39(4)29-36)40-16-22-49-50(32-40)64(42-18-20-45-47(34-42)61(12,13)26-24-59(45,8)9)51-30-37(2)31-52-55(51)63(49)57-56(44-33-41(58(5,6)7)17-23-53(44)66-57)65(52)43-19-21-46-48(35-43)62(14,15)27-25-60(46,10)11/h16-23,28-35H,24-27H2,1-15H3. The van der Waals surface area contributed by atoms with Crippen LogP contribution in [0.2, 0.25) is 0 Å². The molecule has 3 heterocycles. The lowest BCUT2D eigenvalue weighted by Crippen LogP contribution is -2.61. The molecule has 0 N–H and O–H groups in total. The summed E-state index contributed by atoms with van der Waals surface area (Å²) < 4.78 is 7.40. The van der Waals surface area contributed by atoms with Gasteiger partial charge in [-0.05, 0) is 202 Å². The molecule has 0 bridgehead atoms. The maximum absolute atomic E-state index is 7.40. The van der Waals surface area contributed by atoms with Crippen LogP contribution >= 0.6 is 0 Å². The summed E-state index contributed by atoms with van der Waals surface area (Å²) in [4.78, 5) is 5.23. The Bertz CT molecular complexity index is 3180. The van der Waals surface area contributed by atoms with Crippen molar-refractivity contribution >= 4 is 68.4 Å². The van der Waals surface area contributed by atoms with E-state index >= 15 is 0 Å². The van der Waals surface area contributed by atoms with E-state index < -0.39 is 0 Å². The summed E-state index contributed by atoms with van der Waals surface area (Å²) in [6, 6.07) is 38.7. The van der Waals surface area contributed by atoms with Gasteiger partial charge in [-0.15, -0.1) is 0 Å². The normalized spacial score (nSPS) is 18.4. The van der Waals surface area contributed by atoms with Crippen LogP contribution in [0, 0.1) is 27.7 Å². The quantitative estimate of drug-likeness (QED) is 0.165. The third-order valence-electron chi connectivity index (χ3n) is 16.8. The van der Waals surface area contributed by atoms with E-state index in [1.54, 1.807) is 0 Å². The molecule has 0 unspecified atom stereocenters. The maximum atomic E-state index is 7.40. The first-order valence-electron chi connectivity index (χ1n) is 24.8. The Morgan fingerprint density at radius 3 is 1.59 bits per heavy atom. The lowest BCUT2D eigenvalue weighted by Gasteiger charge is -2.45. The van der Waals surface area contributed by atoms with Crippen LogP contribution in [0.25, 0.3) is 22.1 Å². The smallest absolute Gasteiger partial charge is 0.297 e. The fraction of sp³-hybridized carbons (Fsp3) is 0.387. The van der Waals surface area contributed by atoms with Crippen LogP contribution < -0.4 is 26.4 Å². The zero-order valence-electron chi connectivity index (χ0n) is 42.4. The molecule has 0 atom stereocenters. The van der Waals surface area contributed by atoms with E-state index in [0.29, 0.717) is 0 Å². The maximum Gasteiger partial charge on any atom is 0.297 e. The third-order valence-corrected chi connectivity index (χ3v) is 16.8. The van der Waals surface area contributed by atoms with Gasteiger partial charge in [0.05, 0.1) is 11.3 Å². The molecule has 0 spiro atoms. The highest BCUT2D eigenvalue weighted by molar-refractivity contribution is 7.00. The average molecular weight is 869 g/mol. The summed E-state index contributed by atoms with van der Waals surface area (Å²) in [5.74, 6) is 0. The summed E-state index contributed by atoms with van der Waals surface area (Å²) in [7, 11) is 0. The lowest BCUT2D eigenvalue weighted by molar-refractivity contribution is 0.332. The van der Waals surface area contributed by atoms with Crippen molar-refractivity contribution in [1.82, 2.24) is 0 Å². The predicted molar refractivity (Wildman–Crippen MR) is 284 cm³/mol. The first kappa shape index (κ1) is 43.1. The highest BCUT2D eigenvalue weighted by Gasteiger charge is 2.48. The summed E-state index contributed by atoms with van der Waals surface area (Å²) in [6.07, 6.45) is 4.71. The number of anilines is 6. The van der Waals surface area contributed by atoms with E-state index in [1.165, 1.54) is 131 Å². The van der Waals surface area contributed by atoms with E-state index in [4.69, 9.17) is 4.42 Å². The highest BCUT2D eigenvalue weighted by Crippen LogP contribution is 2.53. The molecule has 2 aliphatic heterocycles. The van der Waals surface area contributed by atoms with Crippen molar-refractivity contribution in [3.8, 4) is 11.1 Å². The van der Waals surface area contributed by atoms with E-state index in [-0.39, 0.29) is 33.8 Å². The first-order valence-corrected chi connectivity index (χ1v) is 24.8. The largest absolute Gasteiger partial charge is 0.468 e. The van der Waals surface area contributed by atoms with Crippen molar-refractivity contribution in [3.05, 3.63) is 147 Å². The van der Waals surface area contributed by atoms with Crippen LogP contribution in [0.5, 0.6) is 0 Å². The van der Waals surface area contributed by atoms with E-state index in [1.807, 2.05) is 0 Å². The van der Waals surface area contributed by atoms with Crippen LogP contribution in [0.15, 0.2) is 101 Å². The topological polar surface area (TPSA) is 19.6 Å². The van der Waals surface area contributed by atoms with E-state index in [2.05, 4.69) is 211 Å². The lowest BCUT2D eigenvalue weighted by atomic mass is 9.35.